The zero-order valence-corrected chi connectivity index (χ0v) is 11.7. The molecular weight excluding hydrogens is 300 g/mol. The maximum Gasteiger partial charge on any atom is 0.291 e. The third-order valence-corrected chi connectivity index (χ3v) is 4.14. The number of nitro benzene ring substituents is 1. The highest BCUT2D eigenvalue weighted by atomic mass is 32.2. The Balaban J connectivity index is 2.32. The van der Waals surface area contributed by atoms with E-state index in [4.69, 9.17) is 5.73 Å². The highest BCUT2D eigenvalue weighted by Gasteiger charge is 2.26. The average Bonchev–Trinajstić information content (AvgIpc) is 2.81. The minimum Gasteiger partial charge on any atom is -0.399 e. The first kappa shape index (κ1) is 14.9. The van der Waals surface area contributed by atoms with E-state index in [1.807, 2.05) is 0 Å². The van der Waals surface area contributed by atoms with Gasteiger partial charge in [0, 0.05) is 18.8 Å². The molecule has 0 fully saturated rings. The smallest absolute Gasteiger partial charge is 0.291 e. The molecule has 0 aliphatic carbocycles. The Morgan fingerprint density at radius 2 is 2.19 bits per heavy atom. The van der Waals surface area contributed by atoms with Crippen LogP contribution in [-0.4, -0.2) is 28.1 Å². The molecule has 0 saturated heterocycles. The van der Waals surface area contributed by atoms with Crippen LogP contribution in [-0.2, 0) is 23.6 Å². The number of nitrogens with two attached hydrogens (primary N) is 1. The van der Waals surface area contributed by atoms with E-state index in [-0.39, 0.29) is 12.2 Å². The highest BCUT2D eigenvalue weighted by molar-refractivity contribution is 7.89. The lowest BCUT2D eigenvalue weighted by atomic mass is 10.3. The van der Waals surface area contributed by atoms with Gasteiger partial charge in [-0.3, -0.25) is 10.1 Å². The van der Waals surface area contributed by atoms with Crippen molar-refractivity contribution in [3.8, 4) is 0 Å². The van der Waals surface area contributed by atoms with E-state index < -0.39 is 25.5 Å². The van der Waals surface area contributed by atoms with Crippen LogP contribution < -0.4 is 10.5 Å². The molecule has 10 nitrogen and oxygen atoms in total. The van der Waals surface area contributed by atoms with E-state index in [1.165, 1.54) is 17.0 Å². The van der Waals surface area contributed by atoms with Crippen LogP contribution in [0.25, 0.3) is 0 Å². The topological polar surface area (TPSA) is 146 Å². The summed E-state index contributed by atoms with van der Waals surface area (Å²) in [5.74, 6) is 0.372. The van der Waals surface area contributed by atoms with Gasteiger partial charge in [-0.2, -0.15) is 0 Å². The molecule has 0 radical (unpaired) electrons. The van der Waals surface area contributed by atoms with Crippen molar-refractivity contribution >= 4 is 21.4 Å². The number of rotatable bonds is 5. The Morgan fingerprint density at radius 3 is 2.76 bits per heavy atom. The minimum absolute atomic E-state index is 0.106. The number of anilines is 1. The molecule has 1 aromatic carbocycles. The quantitative estimate of drug-likeness (QED) is 0.441. The molecule has 0 saturated carbocycles. The van der Waals surface area contributed by atoms with Crippen molar-refractivity contribution in [3.05, 3.63) is 40.5 Å². The monoisotopic (exact) mass is 312 g/mol. The number of hydrogen-bond acceptors (Lipinski definition) is 7. The fourth-order valence-electron chi connectivity index (χ4n) is 1.61. The fraction of sp³-hybridized carbons (Fsp3) is 0.200. The molecule has 2 rings (SSSR count). The van der Waals surface area contributed by atoms with E-state index in [0.29, 0.717) is 5.82 Å². The number of sulfonamides is 1. The summed E-state index contributed by atoms with van der Waals surface area (Å²) in [5, 5.41) is 18.3. The van der Waals surface area contributed by atoms with E-state index in [1.54, 1.807) is 7.05 Å². The average molecular weight is 312 g/mol. The Labute approximate surface area is 119 Å². The summed E-state index contributed by atoms with van der Waals surface area (Å²) < 4.78 is 28.1. The summed E-state index contributed by atoms with van der Waals surface area (Å²) >= 11 is 0. The number of nitrogens with one attached hydrogen (secondary N) is 1. The standard InChI is InChI=1S/C10H12N6O4S/c1-15-6-12-14-10(15)5-13-21(19,20)9-3-2-7(11)4-8(9)16(17)18/h2-4,6,13H,5,11H2,1H3. The summed E-state index contributed by atoms with van der Waals surface area (Å²) in [6, 6.07) is 3.37. The molecule has 0 amide bonds. The molecule has 0 spiro atoms. The van der Waals surface area contributed by atoms with Gasteiger partial charge in [-0.25, -0.2) is 13.1 Å². The predicted octanol–water partition coefficient (Wildman–Crippen LogP) is -0.216. The van der Waals surface area contributed by atoms with Crippen molar-refractivity contribution < 1.29 is 13.3 Å². The zero-order chi connectivity index (χ0) is 15.6. The molecule has 0 atom stereocenters. The summed E-state index contributed by atoms with van der Waals surface area (Å²) in [6.07, 6.45) is 1.41. The molecule has 0 unspecified atom stereocenters. The van der Waals surface area contributed by atoms with Gasteiger partial charge in [0.1, 0.15) is 12.2 Å². The first-order valence-electron chi connectivity index (χ1n) is 5.67. The van der Waals surface area contributed by atoms with Gasteiger partial charge in [0.25, 0.3) is 5.69 Å². The number of nitrogens with zero attached hydrogens (tertiary/aromatic N) is 4. The Morgan fingerprint density at radius 1 is 1.48 bits per heavy atom. The number of nitro groups is 1. The lowest BCUT2D eigenvalue weighted by Gasteiger charge is -2.07. The van der Waals surface area contributed by atoms with Crippen molar-refractivity contribution in [3.63, 3.8) is 0 Å². The summed E-state index contributed by atoms with van der Waals surface area (Å²) in [4.78, 5) is 9.69. The van der Waals surface area contributed by atoms with Gasteiger partial charge in [0.2, 0.25) is 10.0 Å². The Hall–Kier alpha value is -2.53. The molecule has 11 heteroatoms. The normalized spacial score (nSPS) is 11.5. The second kappa shape index (κ2) is 5.46. The number of aryl methyl sites for hydroxylation is 1. The molecule has 0 bridgehead atoms. The van der Waals surface area contributed by atoms with Crippen LogP contribution >= 0.6 is 0 Å². The van der Waals surface area contributed by atoms with E-state index >= 15 is 0 Å². The van der Waals surface area contributed by atoms with Crippen LogP contribution in [0, 0.1) is 10.1 Å². The lowest BCUT2D eigenvalue weighted by molar-refractivity contribution is -0.387. The Kier molecular flexibility index (Phi) is 3.86. The third kappa shape index (κ3) is 3.14. The molecular formula is C10H12N6O4S. The maximum absolute atomic E-state index is 12.2. The molecule has 3 N–H and O–H groups in total. The van der Waals surface area contributed by atoms with E-state index in [9.17, 15) is 18.5 Å². The van der Waals surface area contributed by atoms with Gasteiger partial charge in [0.15, 0.2) is 4.90 Å². The second-order valence-corrected chi connectivity index (χ2v) is 5.90. The molecule has 0 aliphatic rings. The number of aromatic nitrogens is 3. The first-order chi connectivity index (χ1) is 9.81. The largest absolute Gasteiger partial charge is 0.399 e. The number of benzene rings is 1. The van der Waals surface area contributed by atoms with Crippen LogP contribution in [0.1, 0.15) is 5.82 Å². The van der Waals surface area contributed by atoms with Gasteiger partial charge in [-0.1, -0.05) is 0 Å². The van der Waals surface area contributed by atoms with Crippen LogP contribution in [0.5, 0.6) is 0 Å². The van der Waals surface area contributed by atoms with Gasteiger partial charge in [-0.05, 0) is 12.1 Å². The molecule has 21 heavy (non-hydrogen) atoms. The summed E-state index contributed by atoms with van der Waals surface area (Å²) in [6.45, 7) is -0.139. The second-order valence-electron chi connectivity index (χ2n) is 4.17. The summed E-state index contributed by atoms with van der Waals surface area (Å²) in [7, 11) is -2.43. The predicted molar refractivity (Wildman–Crippen MR) is 72.5 cm³/mol. The van der Waals surface area contributed by atoms with Crippen LogP contribution in [0.3, 0.4) is 0 Å². The molecule has 0 aliphatic heterocycles. The van der Waals surface area contributed by atoms with Crippen LogP contribution in [0.15, 0.2) is 29.4 Å². The van der Waals surface area contributed by atoms with Gasteiger partial charge in [-0.15, -0.1) is 10.2 Å². The van der Waals surface area contributed by atoms with Crippen molar-refractivity contribution in [2.45, 2.75) is 11.4 Å². The van der Waals surface area contributed by atoms with Crippen molar-refractivity contribution in [1.29, 1.82) is 0 Å². The van der Waals surface area contributed by atoms with Crippen LogP contribution in [0.2, 0.25) is 0 Å². The minimum atomic E-state index is -4.07. The zero-order valence-electron chi connectivity index (χ0n) is 10.9. The summed E-state index contributed by atoms with van der Waals surface area (Å²) in [5.41, 5.74) is 4.96. The van der Waals surface area contributed by atoms with E-state index in [2.05, 4.69) is 14.9 Å². The number of nitrogen functional groups attached to an aromatic ring is 1. The SMILES string of the molecule is Cn1cnnc1CNS(=O)(=O)c1ccc(N)cc1[N+](=O)[O-]. The van der Waals surface area contributed by atoms with Crippen molar-refractivity contribution in [1.82, 2.24) is 19.5 Å². The third-order valence-electron chi connectivity index (χ3n) is 2.69. The fourth-order valence-corrected chi connectivity index (χ4v) is 2.74. The molecule has 112 valence electrons. The molecule has 1 aromatic heterocycles. The number of hydrogen-bond donors (Lipinski definition) is 2. The van der Waals surface area contributed by atoms with Crippen molar-refractivity contribution in [2.75, 3.05) is 5.73 Å². The first-order valence-corrected chi connectivity index (χ1v) is 7.16. The maximum atomic E-state index is 12.2. The van der Waals surface area contributed by atoms with Gasteiger partial charge >= 0.3 is 0 Å². The van der Waals surface area contributed by atoms with Gasteiger partial charge < -0.3 is 10.3 Å². The lowest BCUT2D eigenvalue weighted by Crippen LogP contribution is -2.25. The van der Waals surface area contributed by atoms with E-state index in [0.717, 1.165) is 12.1 Å². The molecule has 1 heterocycles. The highest BCUT2D eigenvalue weighted by Crippen LogP contribution is 2.25. The van der Waals surface area contributed by atoms with Crippen molar-refractivity contribution in [2.24, 2.45) is 7.05 Å². The van der Waals surface area contributed by atoms with Crippen LogP contribution in [0.4, 0.5) is 11.4 Å². The Bertz CT molecular complexity index is 785. The van der Waals surface area contributed by atoms with Gasteiger partial charge in [0.05, 0.1) is 11.5 Å². The molecule has 2 aromatic rings.